The predicted octanol–water partition coefficient (Wildman–Crippen LogP) is 2.67. The monoisotopic (exact) mass is 315 g/mol. The maximum Gasteiger partial charge on any atom is 0.308 e. The Kier molecular flexibility index (Phi) is 5.43. The van der Waals surface area contributed by atoms with Crippen LogP contribution in [0.5, 0.6) is 5.75 Å². The topological polar surface area (TPSA) is 89.7 Å². The number of aliphatic hydroxyl groups excluding tert-OH is 1. The van der Waals surface area contributed by atoms with E-state index in [9.17, 15) is 20.0 Å². The predicted molar refractivity (Wildman–Crippen MR) is 84.3 cm³/mol. The van der Waals surface area contributed by atoms with Gasteiger partial charge in [0.15, 0.2) is 0 Å². The van der Waals surface area contributed by atoms with E-state index in [1.807, 2.05) is 0 Å². The molecule has 6 nitrogen and oxygen atoms in total. The van der Waals surface area contributed by atoms with Crippen LogP contribution in [0.4, 0.5) is 5.69 Å². The molecule has 0 aromatic heterocycles. The lowest BCUT2D eigenvalue weighted by Gasteiger charge is -2.13. The number of esters is 1. The van der Waals surface area contributed by atoms with Gasteiger partial charge in [0.2, 0.25) is 0 Å². The number of carbonyl (C=O) groups is 1. The van der Waals surface area contributed by atoms with E-state index in [0.717, 1.165) is 0 Å². The highest BCUT2D eigenvalue weighted by atomic mass is 16.6. The molecule has 0 fully saturated rings. The Balaban J connectivity index is 2.13. The maximum absolute atomic E-state index is 11.1. The number of para-hydroxylation sites is 2. The normalized spacial score (nSPS) is 11.7. The fourth-order valence-corrected chi connectivity index (χ4v) is 2.37. The van der Waals surface area contributed by atoms with Gasteiger partial charge in [-0.25, -0.2) is 0 Å². The summed E-state index contributed by atoms with van der Waals surface area (Å²) in [5.41, 5.74) is 1.13. The van der Waals surface area contributed by atoms with Gasteiger partial charge in [-0.1, -0.05) is 36.4 Å². The van der Waals surface area contributed by atoms with Gasteiger partial charge in [0.25, 0.3) is 5.69 Å². The summed E-state index contributed by atoms with van der Waals surface area (Å²) >= 11 is 0. The third-order valence-corrected chi connectivity index (χ3v) is 3.33. The number of nitrogens with zero attached hydrogens (tertiary/aromatic N) is 1. The van der Waals surface area contributed by atoms with Crippen molar-refractivity contribution in [2.24, 2.45) is 0 Å². The van der Waals surface area contributed by atoms with Gasteiger partial charge in [0.1, 0.15) is 5.75 Å². The molecule has 0 heterocycles. The Morgan fingerprint density at radius 1 is 1.13 bits per heavy atom. The second-order valence-corrected chi connectivity index (χ2v) is 5.15. The van der Waals surface area contributed by atoms with Crippen LogP contribution in [0.2, 0.25) is 0 Å². The standard InChI is InChI=1S/C17H17NO5/c1-12(19)23-17-9-5-3-7-14(17)11-15(20)10-13-6-2-4-8-16(13)18(21)22/h2-9,15,20H,10-11H2,1H3. The lowest BCUT2D eigenvalue weighted by Crippen LogP contribution is -2.16. The number of nitro groups is 1. The summed E-state index contributed by atoms with van der Waals surface area (Å²) in [5.74, 6) is -0.0488. The largest absolute Gasteiger partial charge is 0.426 e. The van der Waals surface area contributed by atoms with Gasteiger partial charge in [-0.05, 0) is 11.6 Å². The van der Waals surface area contributed by atoms with E-state index in [0.29, 0.717) is 16.9 Å². The van der Waals surface area contributed by atoms with Crippen molar-refractivity contribution in [3.05, 3.63) is 69.8 Å². The second kappa shape index (κ2) is 7.51. The van der Waals surface area contributed by atoms with Crippen LogP contribution < -0.4 is 4.74 Å². The van der Waals surface area contributed by atoms with Crippen LogP contribution in [0.1, 0.15) is 18.1 Å². The summed E-state index contributed by atoms with van der Waals surface area (Å²) in [6.07, 6.45) is -0.450. The van der Waals surface area contributed by atoms with Crippen LogP contribution in [0.25, 0.3) is 0 Å². The molecule has 0 aliphatic carbocycles. The van der Waals surface area contributed by atoms with Crippen LogP contribution in [0.15, 0.2) is 48.5 Å². The molecule has 0 aliphatic heterocycles. The van der Waals surface area contributed by atoms with Gasteiger partial charge >= 0.3 is 5.97 Å². The summed E-state index contributed by atoms with van der Waals surface area (Å²) in [6, 6.07) is 13.2. The number of carbonyl (C=O) groups excluding carboxylic acids is 1. The SMILES string of the molecule is CC(=O)Oc1ccccc1CC(O)Cc1ccccc1[N+](=O)[O-]. The van der Waals surface area contributed by atoms with Crippen molar-refractivity contribution >= 4 is 11.7 Å². The average Bonchev–Trinajstić information content (AvgIpc) is 2.49. The third kappa shape index (κ3) is 4.62. The first-order chi connectivity index (χ1) is 11.0. The quantitative estimate of drug-likeness (QED) is 0.383. The first-order valence-corrected chi connectivity index (χ1v) is 7.14. The van der Waals surface area contributed by atoms with Crippen LogP contribution in [0.3, 0.4) is 0 Å². The van der Waals surface area contributed by atoms with Gasteiger partial charge in [-0.3, -0.25) is 14.9 Å². The van der Waals surface area contributed by atoms with Gasteiger partial charge in [0, 0.05) is 31.4 Å². The Labute approximate surface area is 133 Å². The Bertz CT molecular complexity index is 714. The third-order valence-electron chi connectivity index (χ3n) is 3.33. The van der Waals surface area contributed by atoms with Gasteiger partial charge in [-0.2, -0.15) is 0 Å². The molecule has 0 bridgehead atoms. The number of rotatable bonds is 6. The highest BCUT2D eigenvalue weighted by molar-refractivity contribution is 5.69. The fourth-order valence-electron chi connectivity index (χ4n) is 2.37. The summed E-state index contributed by atoms with van der Waals surface area (Å²) in [6.45, 7) is 1.31. The molecule has 1 unspecified atom stereocenters. The van der Waals surface area contributed by atoms with Crippen LogP contribution in [-0.2, 0) is 17.6 Å². The summed E-state index contributed by atoms with van der Waals surface area (Å²) < 4.78 is 5.10. The molecule has 6 heteroatoms. The number of benzene rings is 2. The first kappa shape index (κ1) is 16.6. The van der Waals surface area contributed by atoms with E-state index in [2.05, 4.69) is 0 Å². The van der Waals surface area contributed by atoms with E-state index in [-0.39, 0.29) is 18.5 Å². The van der Waals surface area contributed by atoms with Crippen molar-refractivity contribution in [2.75, 3.05) is 0 Å². The maximum atomic E-state index is 11.1. The van der Waals surface area contributed by atoms with E-state index >= 15 is 0 Å². The molecule has 0 saturated heterocycles. The van der Waals surface area contributed by atoms with Crippen molar-refractivity contribution in [1.29, 1.82) is 0 Å². The molecular formula is C17H17NO5. The van der Waals surface area contributed by atoms with Crippen LogP contribution in [0, 0.1) is 10.1 Å². The van der Waals surface area contributed by atoms with Gasteiger partial charge in [0.05, 0.1) is 11.0 Å². The van der Waals surface area contributed by atoms with Crippen molar-refractivity contribution in [1.82, 2.24) is 0 Å². The smallest absolute Gasteiger partial charge is 0.308 e. The Morgan fingerprint density at radius 2 is 1.70 bits per heavy atom. The molecule has 23 heavy (non-hydrogen) atoms. The van der Waals surface area contributed by atoms with Crippen molar-refractivity contribution < 1.29 is 19.6 Å². The molecule has 0 spiro atoms. The minimum absolute atomic E-state index is 0.0141. The molecule has 2 aromatic carbocycles. The minimum atomic E-state index is -0.826. The second-order valence-electron chi connectivity index (χ2n) is 5.15. The van der Waals surface area contributed by atoms with Crippen molar-refractivity contribution in [2.45, 2.75) is 25.9 Å². The van der Waals surface area contributed by atoms with E-state index in [1.54, 1.807) is 42.5 Å². The number of nitro benzene ring substituents is 1. The molecule has 1 atom stereocenters. The molecule has 0 saturated carbocycles. The van der Waals surface area contributed by atoms with Crippen LogP contribution >= 0.6 is 0 Å². The molecule has 2 aromatic rings. The molecule has 0 radical (unpaired) electrons. The van der Waals surface area contributed by atoms with Gasteiger partial charge < -0.3 is 9.84 Å². The number of hydrogen-bond acceptors (Lipinski definition) is 5. The molecule has 0 amide bonds. The zero-order valence-electron chi connectivity index (χ0n) is 12.6. The summed E-state index contributed by atoms with van der Waals surface area (Å²) in [7, 11) is 0. The molecule has 0 aliphatic rings. The van der Waals surface area contributed by atoms with Gasteiger partial charge in [-0.15, -0.1) is 0 Å². The molecule has 1 N–H and O–H groups in total. The lowest BCUT2D eigenvalue weighted by atomic mass is 9.99. The fraction of sp³-hybridized carbons (Fsp3) is 0.235. The average molecular weight is 315 g/mol. The lowest BCUT2D eigenvalue weighted by molar-refractivity contribution is -0.385. The number of aliphatic hydroxyl groups is 1. The molecular weight excluding hydrogens is 298 g/mol. The van der Waals surface area contributed by atoms with E-state index in [4.69, 9.17) is 4.74 Å². The Morgan fingerprint density at radius 3 is 2.35 bits per heavy atom. The van der Waals surface area contributed by atoms with Crippen molar-refractivity contribution in [3.63, 3.8) is 0 Å². The van der Waals surface area contributed by atoms with Crippen LogP contribution in [-0.4, -0.2) is 22.1 Å². The minimum Gasteiger partial charge on any atom is -0.426 e. The van der Waals surface area contributed by atoms with E-state index < -0.39 is 17.0 Å². The molecule has 2 rings (SSSR count). The first-order valence-electron chi connectivity index (χ1n) is 7.14. The zero-order chi connectivity index (χ0) is 16.8. The van der Waals surface area contributed by atoms with Crippen molar-refractivity contribution in [3.8, 4) is 5.75 Å². The summed E-state index contributed by atoms with van der Waals surface area (Å²) in [4.78, 5) is 21.6. The zero-order valence-corrected chi connectivity index (χ0v) is 12.6. The number of ether oxygens (including phenoxy) is 1. The Hall–Kier alpha value is -2.73. The van der Waals surface area contributed by atoms with E-state index in [1.165, 1.54) is 13.0 Å². The number of hydrogen-bond donors (Lipinski definition) is 1. The highest BCUT2D eigenvalue weighted by Crippen LogP contribution is 2.23. The molecule has 120 valence electrons. The highest BCUT2D eigenvalue weighted by Gasteiger charge is 2.17. The summed E-state index contributed by atoms with van der Waals surface area (Å²) in [5, 5.41) is 21.3.